The smallest absolute Gasteiger partial charge is 0.243 e. The molecule has 0 saturated carbocycles. The van der Waals surface area contributed by atoms with Crippen molar-refractivity contribution in [3.05, 3.63) is 53.9 Å². The Morgan fingerprint density at radius 3 is 2.47 bits per heavy atom. The maximum atomic E-state index is 13.4. The van der Waals surface area contributed by atoms with E-state index in [4.69, 9.17) is 0 Å². The van der Waals surface area contributed by atoms with Crippen LogP contribution in [-0.4, -0.2) is 41.3 Å². The normalized spacial score (nSPS) is 14.7. The summed E-state index contributed by atoms with van der Waals surface area (Å²) in [6.45, 7) is 3.82. The number of aryl methyl sites for hydroxylation is 2. The van der Waals surface area contributed by atoms with Gasteiger partial charge in [-0.25, -0.2) is 22.2 Å². The Bertz CT molecular complexity index is 1280. The molecule has 1 aliphatic rings. The zero-order chi connectivity index (χ0) is 24.3. The molecule has 0 bridgehead atoms. The second-order valence-electron chi connectivity index (χ2n) is 8.50. The van der Waals surface area contributed by atoms with Crippen LogP contribution in [0, 0.1) is 11.6 Å². The first-order valence-corrected chi connectivity index (χ1v) is 13.0. The van der Waals surface area contributed by atoms with E-state index in [0.717, 1.165) is 49.4 Å². The van der Waals surface area contributed by atoms with Crippen molar-refractivity contribution in [3.8, 4) is 0 Å². The quantitative estimate of drug-likeness (QED) is 0.480. The summed E-state index contributed by atoms with van der Waals surface area (Å²) in [4.78, 5) is 17.3. The van der Waals surface area contributed by atoms with Crippen LogP contribution in [0.3, 0.4) is 0 Å². The van der Waals surface area contributed by atoms with E-state index in [2.05, 4.69) is 17.2 Å². The molecule has 0 atom stereocenters. The summed E-state index contributed by atoms with van der Waals surface area (Å²) >= 11 is 0. The number of anilines is 1. The lowest BCUT2D eigenvalue weighted by Crippen LogP contribution is -2.27. The highest BCUT2D eigenvalue weighted by Crippen LogP contribution is 2.26. The molecule has 2 heterocycles. The van der Waals surface area contributed by atoms with Gasteiger partial charge in [-0.1, -0.05) is 13.3 Å². The van der Waals surface area contributed by atoms with Crippen molar-refractivity contribution in [2.45, 2.75) is 56.9 Å². The minimum atomic E-state index is -3.56. The lowest BCUT2D eigenvalue weighted by molar-refractivity contribution is -0.116. The van der Waals surface area contributed by atoms with Crippen LogP contribution in [0.25, 0.3) is 11.0 Å². The number of amides is 1. The predicted molar refractivity (Wildman–Crippen MR) is 126 cm³/mol. The molecule has 0 unspecified atom stereocenters. The molecule has 34 heavy (non-hydrogen) atoms. The topological polar surface area (TPSA) is 84.3 Å². The number of rotatable bonds is 9. The molecule has 182 valence electrons. The first-order chi connectivity index (χ1) is 16.3. The number of imidazole rings is 1. The van der Waals surface area contributed by atoms with E-state index in [1.807, 2.05) is 4.57 Å². The number of halogens is 2. The van der Waals surface area contributed by atoms with Gasteiger partial charge in [0.1, 0.15) is 17.5 Å². The monoisotopic (exact) mass is 490 g/mol. The van der Waals surface area contributed by atoms with E-state index >= 15 is 0 Å². The van der Waals surface area contributed by atoms with Gasteiger partial charge in [-0.15, -0.1) is 0 Å². The van der Waals surface area contributed by atoms with E-state index in [1.54, 1.807) is 18.2 Å². The number of unbranched alkanes of at least 4 members (excludes halogenated alkanes) is 1. The van der Waals surface area contributed by atoms with E-state index < -0.39 is 27.6 Å². The Morgan fingerprint density at radius 2 is 1.79 bits per heavy atom. The molecule has 0 aliphatic carbocycles. The lowest BCUT2D eigenvalue weighted by atomic mass is 10.2. The lowest BCUT2D eigenvalue weighted by Gasteiger charge is -2.15. The SMILES string of the molecule is CCCCn1c(CCC(=O)Nc2cc(F)cc(F)c2)nc2cc(S(=O)(=O)N3CCCC3)ccc21. The van der Waals surface area contributed by atoms with Gasteiger partial charge in [0.2, 0.25) is 15.9 Å². The second kappa shape index (κ2) is 10.2. The Labute approximate surface area is 197 Å². The average Bonchev–Trinajstić information content (AvgIpc) is 3.44. The number of aromatic nitrogens is 2. The third kappa shape index (κ3) is 5.28. The first kappa shape index (κ1) is 24.3. The van der Waals surface area contributed by atoms with Gasteiger partial charge in [0, 0.05) is 44.2 Å². The fourth-order valence-electron chi connectivity index (χ4n) is 4.23. The van der Waals surface area contributed by atoms with Crippen molar-refractivity contribution in [2.24, 2.45) is 0 Å². The number of nitrogens with zero attached hydrogens (tertiary/aromatic N) is 3. The molecule has 1 fully saturated rings. The standard InChI is InChI=1S/C24H28F2N4O3S/c1-2-3-12-30-22-7-6-20(34(32,33)29-10-4-5-11-29)16-21(22)28-23(30)8-9-24(31)27-19-14-17(25)13-18(26)15-19/h6-7,13-16H,2-5,8-12H2,1H3,(H,27,31). The number of fused-ring (bicyclic) bond motifs is 1. The highest BCUT2D eigenvalue weighted by molar-refractivity contribution is 7.89. The largest absolute Gasteiger partial charge is 0.328 e. The van der Waals surface area contributed by atoms with Gasteiger partial charge in [-0.2, -0.15) is 4.31 Å². The Morgan fingerprint density at radius 1 is 1.09 bits per heavy atom. The molecule has 3 aromatic rings. The van der Waals surface area contributed by atoms with Crippen LogP contribution in [0.1, 0.15) is 44.9 Å². The van der Waals surface area contributed by atoms with Crippen molar-refractivity contribution in [1.29, 1.82) is 0 Å². The van der Waals surface area contributed by atoms with E-state index in [9.17, 15) is 22.0 Å². The van der Waals surface area contributed by atoms with Crippen molar-refractivity contribution < 1.29 is 22.0 Å². The van der Waals surface area contributed by atoms with Crippen LogP contribution in [0.15, 0.2) is 41.3 Å². The van der Waals surface area contributed by atoms with Crippen LogP contribution in [0.4, 0.5) is 14.5 Å². The Balaban J connectivity index is 1.56. The van der Waals surface area contributed by atoms with Crippen molar-refractivity contribution in [3.63, 3.8) is 0 Å². The van der Waals surface area contributed by atoms with Crippen molar-refractivity contribution in [2.75, 3.05) is 18.4 Å². The van der Waals surface area contributed by atoms with Gasteiger partial charge in [0.25, 0.3) is 0 Å². The molecule has 1 aromatic heterocycles. The van der Waals surface area contributed by atoms with Crippen LogP contribution in [0.2, 0.25) is 0 Å². The molecule has 1 aliphatic heterocycles. The van der Waals surface area contributed by atoms with Gasteiger partial charge < -0.3 is 9.88 Å². The number of carbonyl (C=O) groups is 1. The zero-order valence-corrected chi connectivity index (χ0v) is 19.9. The summed E-state index contributed by atoms with van der Waals surface area (Å²) in [6, 6.07) is 7.85. The Hall–Kier alpha value is -2.85. The van der Waals surface area contributed by atoms with Crippen molar-refractivity contribution >= 4 is 32.7 Å². The average molecular weight is 491 g/mol. The van der Waals surface area contributed by atoms with Gasteiger partial charge >= 0.3 is 0 Å². The third-order valence-electron chi connectivity index (χ3n) is 5.96. The number of hydrogen-bond donors (Lipinski definition) is 1. The molecule has 1 amide bonds. The summed E-state index contributed by atoms with van der Waals surface area (Å²) < 4.78 is 56.2. The summed E-state index contributed by atoms with van der Waals surface area (Å²) in [7, 11) is -3.56. The van der Waals surface area contributed by atoms with Gasteiger partial charge in [0.05, 0.1) is 15.9 Å². The fraction of sp³-hybridized carbons (Fsp3) is 0.417. The first-order valence-electron chi connectivity index (χ1n) is 11.5. The number of benzene rings is 2. The Kier molecular flexibility index (Phi) is 7.27. The summed E-state index contributed by atoms with van der Waals surface area (Å²) in [5, 5.41) is 2.51. The number of carbonyl (C=O) groups excluding carboxylic acids is 1. The summed E-state index contributed by atoms with van der Waals surface area (Å²) in [6.07, 6.45) is 3.96. The van der Waals surface area contributed by atoms with E-state index in [-0.39, 0.29) is 17.0 Å². The van der Waals surface area contributed by atoms with E-state index in [0.29, 0.717) is 37.4 Å². The molecule has 7 nitrogen and oxygen atoms in total. The summed E-state index contributed by atoms with van der Waals surface area (Å²) in [5.74, 6) is -1.26. The molecule has 10 heteroatoms. The maximum absolute atomic E-state index is 13.4. The molecule has 2 aromatic carbocycles. The fourth-order valence-corrected chi connectivity index (χ4v) is 5.77. The second-order valence-corrected chi connectivity index (χ2v) is 10.4. The molecular weight excluding hydrogens is 462 g/mol. The highest BCUT2D eigenvalue weighted by atomic mass is 32.2. The van der Waals surface area contributed by atoms with Crippen molar-refractivity contribution in [1.82, 2.24) is 13.9 Å². The van der Waals surface area contributed by atoms with Gasteiger partial charge in [-0.3, -0.25) is 4.79 Å². The molecule has 0 spiro atoms. The maximum Gasteiger partial charge on any atom is 0.243 e. The van der Waals surface area contributed by atoms with Crippen LogP contribution in [-0.2, 0) is 27.8 Å². The predicted octanol–water partition coefficient (Wildman–Crippen LogP) is 4.47. The number of sulfonamides is 1. The van der Waals surface area contributed by atoms with Gasteiger partial charge in [0.15, 0.2) is 0 Å². The van der Waals surface area contributed by atoms with Crippen LogP contribution >= 0.6 is 0 Å². The van der Waals surface area contributed by atoms with Crippen LogP contribution in [0.5, 0.6) is 0 Å². The molecule has 4 rings (SSSR count). The summed E-state index contributed by atoms with van der Waals surface area (Å²) in [5.41, 5.74) is 1.44. The minimum absolute atomic E-state index is 0.0544. The highest BCUT2D eigenvalue weighted by Gasteiger charge is 2.28. The molecular formula is C24H28F2N4O3S. The van der Waals surface area contributed by atoms with Crippen LogP contribution < -0.4 is 5.32 Å². The number of nitrogens with one attached hydrogen (secondary N) is 1. The minimum Gasteiger partial charge on any atom is -0.328 e. The van der Waals surface area contributed by atoms with E-state index in [1.165, 1.54) is 4.31 Å². The molecule has 1 saturated heterocycles. The molecule has 1 N–H and O–H groups in total. The number of hydrogen-bond acceptors (Lipinski definition) is 4. The van der Waals surface area contributed by atoms with Gasteiger partial charge in [-0.05, 0) is 49.6 Å². The zero-order valence-electron chi connectivity index (χ0n) is 19.1. The molecule has 0 radical (unpaired) electrons. The third-order valence-corrected chi connectivity index (χ3v) is 7.85.